The van der Waals surface area contributed by atoms with Crippen LogP contribution in [-0.4, -0.2) is 11.1 Å². The maximum absolute atomic E-state index is 10.8. The van der Waals surface area contributed by atoms with Crippen LogP contribution in [0.1, 0.15) is 29.8 Å². The number of carboxylic acid groups (broad SMARTS) is 1. The first kappa shape index (κ1) is 11.1. The van der Waals surface area contributed by atoms with E-state index in [1.54, 1.807) is 6.07 Å². The number of benzene rings is 1. The molecule has 0 heterocycles. The van der Waals surface area contributed by atoms with E-state index in [9.17, 15) is 4.79 Å². The van der Waals surface area contributed by atoms with Gasteiger partial charge in [0.15, 0.2) is 0 Å². The lowest BCUT2D eigenvalue weighted by molar-refractivity contribution is 0.0697. The van der Waals surface area contributed by atoms with Crippen LogP contribution in [0.2, 0.25) is 5.02 Å². The molecule has 0 aliphatic rings. The van der Waals surface area contributed by atoms with Gasteiger partial charge in [0, 0.05) is 0 Å². The lowest BCUT2D eigenvalue weighted by atomic mass is 10.0. The molecule has 0 unspecified atom stereocenters. The zero-order valence-electron chi connectivity index (χ0n) is 8.25. The van der Waals surface area contributed by atoms with Gasteiger partial charge >= 0.3 is 5.97 Å². The molecule has 76 valence electrons. The third-order valence-electron chi connectivity index (χ3n) is 1.94. The molecule has 2 nitrogen and oxygen atoms in total. The Hall–Kier alpha value is -1.02. The zero-order valence-corrected chi connectivity index (χ0v) is 9.01. The molecule has 0 amide bonds. The molecule has 0 bridgehead atoms. The zero-order chi connectivity index (χ0) is 10.7. The minimum absolute atomic E-state index is 0.185. The topological polar surface area (TPSA) is 37.3 Å². The molecule has 0 atom stereocenters. The van der Waals surface area contributed by atoms with E-state index in [-0.39, 0.29) is 5.56 Å². The van der Waals surface area contributed by atoms with Crippen molar-refractivity contribution in [3.05, 3.63) is 34.3 Å². The molecule has 0 radical (unpaired) electrons. The highest BCUT2D eigenvalue weighted by Crippen LogP contribution is 2.23. The van der Waals surface area contributed by atoms with Crippen LogP contribution in [-0.2, 0) is 6.42 Å². The molecule has 1 rings (SSSR count). The van der Waals surface area contributed by atoms with E-state index in [0.29, 0.717) is 10.9 Å². The molecule has 14 heavy (non-hydrogen) atoms. The van der Waals surface area contributed by atoms with Crippen molar-refractivity contribution in [2.24, 2.45) is 5.92 Å². The normalized spacial score (nSPS) is 10.6. The van der Waals surface area contributed by atoms with Crippen LogP contribution in [0, 0.1) is 5.92 Å². The van der Waals surface area contributed by atoms with E-state index < -0.39 is 5.97 Å². The van der Waals surface area contributed by atoms with Gasteiger partial charge in [-0.1, -0.05) is 37.6 Å². The highest BCUT2D eigenvalue weighted by atomic mass is 35.5. The van der Waals surface area contributed by atoms with Gasteiger partial charge in [-0.05, 0) is 24.0 Å². The average molecular weight is 213 g/mol. The second-order valence-corrected chi connectivity index (χ2v) is 4.06. The number of hydrogen-bond acceptors (Lipinski definition) is 1. The molecule has 0 aliphatic carbocycles. The van der Waals surface area contributed by atoms with Crippen molar-refractivity contribution in [3.8, 4) is 0 Å². The van der Waals surface area contributed by atoms with Crippen LogP contribution in [0.5, 0.6) is 0 Å². The molecular weight excluding hydrogens is 200 g/mol. The summed E-state index contributed by atoms with van der Waals surface area (Å²) in [5.41, 5.74) is 1.09. The Labute approximate surface area is 88.5 Å². The highest BCUT2D eigenvalue weighted by Gasteiger charge is 2.12. The molecule has 1 aromatic rings. The molecule has 3 heteroatoms. The summed E-state index contributed by atoms with van der Waals surface area (Å²) < 4.78 is 0. The van der Waals surface area contributed by atoms with Crippen LogP contribution >= 0.6 is 11.6 Å². The Bertz CT molecular complexity index is 345. The summed E-state index contributed by atoms with van der Waals surface area (Å²) in [6.07, 6.45) is 0.806. The summed E-state index contributed by atoms with van der Waals surface area (Å²) in [5, 5.41) is 9.21. The predicted molar refractivity (Wildman–Crippen MR) is 57.0 cm³/mol. The number of aromatic carboxylic acids is 1. The van der Waals surface area contributed by atoms with E-state index in [1.165, 1.54) is 6.07 Å². The number of carbonyl (C=O) groups is 1. The Morgan fingerprint density at radius 3 is 2.64 bits per heavy atom. The summed E-state index contributed by atoms with van der Waals surface area (Å²) >= 11 is 5.97. The molecule has 0 aliphatic heterocycles. The molecule has 0 aromatic heterocycles. The monoisotopic (exact) mass is 212 g/mol. The first-order valence-electron chi connectivity index (χ1n) is 4.53. The van der Waals surface area contributed by atoms with E-state index >= 15 is 0 Å². The Balaban J connectivity index is 3.07. The fourth-order valence-electron chi connectivity index (χ4n) is 1.34. The SMILES string of the molecule is CC(C)Cc1cccc(C(=O)O)c1Cl. The van der Waals surface area contributed by atoms with E-state index in [1.807, 2.05) is 6.07 Å². The van der Waals surface area contributed by atoms with Gasteiger partial charge in [-0.2, -0.15) is 0 Å². The molecule has 0 spiro atoms. The summed E-state index contributed by atoms with van der Waals surface area (Å²) in [7, 11) is 0. The van der Waals surface area contributed by atoms with E-state index in [4.69, 9.17) is 16.7 Å². The van der Waals surface area contributed by atoms with Gasteiger partial charge in [0.2, 0.25) is 0 Å². The van der Waals surface area contributed by atoms with Crippen molar-refractivity contribution >= 4 is 17.6 Å². The summed E-state index contributed by atoms with van der Waals surface area (Å²) in [6.45, 7) is 4.15. The minimum atomic E-state index is -0.972. The van der Waals surface area contributed by atoms with Gasteiger partial charge in [0.25, 0.3) is 0 Å². The van der Waals surface area contributed by atoms with Gasteiger partial charge in [0.05, 0.1) is 10.6 Å². The van der Waals surface area contributed by atoms with Crippen LogP contribution in [0.25, 0.3) is 0 Å². The maximum Gasteiger partial charge on any atom is 0.337 e. The molecular formula is C11H13ClO2. The maximum atomic E-state index is 10.8. The van der Waals surface area contributed by atoms with Crippen LogP contribution < -0.4 is 0 Å². The summed E-state index contributed by atoms with van der Waals surface area (Å²) in [6, 6.07) is 5.12. The van der Waals surface area contributed by atoms with Gasteiger partial charge in [0.1, 0.15) is 0 Å². The van der Waals surface area contributed by atoms with Crippen LogP contribution in [0.15, 0.2) is 18.2 Å². The average Bonchev–Trinajstić information content (AvgIpc) is 2.07. The van der Waals surface area contributed by atoms with Gasteiger partial charge < -0.3 is 5.11 Å². The lowest BCUT2D eigenvalue weighted by Crippen LogP contribution is -2.02. The van der Waals surface area contributed by atoms with Gasteiger partial charge in [-0.3, -0.25) is 0 Å². The van der Waals surface area contributed by atoms with Crippen molar-refractivity contribution in [3.63, 3.8) is 0 Å². The first-order valence-corrected chi connectivity index (χ1v) is 4.91. The van der Waals surface area contributed by atoms with Gasteiger partial charge in [-0.15, -0.1) is 0 Å². The van der Waals surface area contributed by atoms with Crippen molar-refractivity contribution in [2.75, 3.05) is 0 Å². The van der Waals surface area contributed by atoms with Crippen molar-refractivity contribution in [2.45, 2.75) is 20.3 Å². The van der Waals surface area contributed by atoms with Gasteiger partial charge in [-0.25, -0.2) is 4.79 Å². The molecule has 1 aromatic carbocycles. The number of halogens is 1. The second kappa shape index (κ2) is 4.47. The molecule has 0 fully saturated rings. The Kier molecular flexibility index (Phi) is 3.53. The van der Waals surface area contributed by atoms with E-state index in [2.05, 4.69) is 13.8 Å². The van der Waals surface area contributed by atoms with Crippen molar-refractivity contribution < 1.29 is 9.90 Å². The fraction of sp³-hybridized carbons (Fsp3) is 0.364. The molecule has 0 saturated heterocycles. The second-order valence-electron chi connectivity index (χ2n) is 3.68. The number of hydrogen-bond donors (Lipinski definition) is 1. The number of rotatable bonds is 3. The minimum Gasteiger partial charge on any atom is -0.478 e. The molecule has 0 saturated carbocycles. The predicted octanol–water partition coefficient (Wildman–Crippen LogP) is 3.24. The van der Waals surface area contributed by atoms with Crippen LogP contribution in [0.3, 0.4) is 0 Å². The number of carboxylic acids is 1. The van der Waals surface area contributed by atoms with Crippen LogP contribution in [0.4, 0.5) is 0 Å². The van der Waals surface area contributed by atoms with E-state index in [0.717, 1.165) is 12.0 Å². The smallest absolute Gasteiger partial charge is 0.337 e. The quantitative estimate of drug-likeness (QED) is 0.835. The first-order chi connectivity index (χ1) is 6.52. The molecule has 1 N–H and O–H groups in total. The Morgan fingerprint density at radius 1 is 1.50 bits per heavy atom. The lowest BCUT2D eigenvalue weighted by Gasteiger charge is -2.08. The Morgan fingerprint density at radius 2 is 2.14 bits per heavy atom. The standard InChI is InChI=1S/C11H13ClO2/c1-7(2)6-8-4-3-5-9(10(8)12)11(13)14/h3-5,7H,6H2,1-2H3,(H,13,14). The van der Waals surface area contributed by atoms with Crippen molar-refractivity contribution in [1.82, 2.24) is 0 Å². The summed E-state index contributed by atoms with van der Waals surface area (Å²) in [4.78, 5) is 10.8. The third kappa shape index (κ3) is 2.48. The highest BCUT2D eigenvalue weighted by molar-refractivity contribution is 6.34. The fourth-order valence-corrected chi connectivity index (χ4v) is 1.63. The third-order valence-corrected chi connectivity index (χ3v) is 2.38. The summed E-state index contributed by atoms with van der Waals surface area (Å²) in [5.74, 6) is -0.503. The largest absolute Gasteiger partial charge is 0.478 e. The van der Waals surface area contributed by atoms with Crippen molar-refractivity contribution in [1.29, 1.82) is 0 Å².